The van der Waals surface area contributed by atoms with Crippen LogP contribution in [0.25, 0.3) is 10.9 Å². The first kappa shape index (κ1) is 12.3. The molecule has 0 aliphatic heterocycles. The van der Waals surface area contributed by atoms with Crippen LogP contribution in [0.4, 0.5) is 0 Å². The predicted octanol–water partition coefficient (Wildman–Crippen LogP) is 4.05. The Morgan fingerprint density at radius 3 is 2.58 bits per heavy atom. The first-order valence-corrected chi connectivity index (χ1v) is 6.90. The Balaban J connectivity index is 2.07. The molecule has 3 heteroatoms. The van der Waals surface area contributed by atoms with Gasteiger partial charge < -0.3 is 5.73 Å². The zero-order chi connectivity index (χ0) is 13.2. The summed E-state index contributed by atoms with van der Waals surface area (Å²) in [5.41, 5.74) is 9.42. The van der Waals surface area contributed by atoms with E-state index in [4.69, 9.17) is 5.73 Å². The summed E-state index contributed by atoms with van der Waals surface area (Å²) in [7, 11) is 0. The van der Waals surface area contributed by atoms with E-state index in [2.05, 4.69) is 33.0 Å². The number of aromatic nitrogens is 1. The molecule has 2 N–H and O–H groups in total. The molecule has 3 aromatic rings. The maximum Gasteiger partial charge on any atom is 0.0702 e. The predicted molar refractivity (Wildman–Crippen MR) is 81.9 cm³/mol. The van der Waals surface area contributed by atoms with E-state index >= 15 is 0 Å². The van der Waals surface area contributed by atoms with Gasteiger partial charge in [-0.15, -0.1) is 0 Å². The minimum absolute atomic E-state index is 0.173. The standard InChI is InChI=1S/C16H13BrN2/c17-14-7-3-2-6-13(14)16(18)12-9-11-5-1-4-8-15(11)19-10-12/h1-10,16H,18H2. The molecular weight excluding hydrogens is 300 g/mol. The molecule has 0 radical (unpaired) electrons. The largest absolute Gasteiger partial charge is 0.320 e. The lowest BCUT2D eigenvalue weighted by Gasteiger charge is -2.14. The molecular formula is C16H13BrN2. The van der Waals surface area contributed by atoms with Gasteiger partial charge in [-0.05, 0) is 29.3 Å². The quantitative estimate of drug-likeness (QED) is 0.775. The summed E-state index contributed by atoms with van der Waals surface area (Å²) in [6.07, 6.45) is 1.85. The summed E-state index contributed by atoms with van der Waals surface area (Å²) in [5, 5.41) is 1.11. The molecule has 1 heterocycles. The molecule has 0 fully saturated rings. The Morgan fingerprint density at radius 2 is 1.74 bits per heavy atom. The average molecular weight is 313 g/mol. The van der Waals surface area contributed by atoms with Crippen molar-refractivity contribution in [1.82, 2.24) is 4.98 Å². The Hall–Kier alpha value is -1.71. The molecule has 94 valence electrons. The van der Waals surface area contributed by atoms with Crippen molar-refractivity contribution >= 4 is 26.8 Å². The van der Waals surface area contributed by atoms with E-state index in [9.17, 15) is 0 Å². The number of rotatable bonds is 2. The van der Waals surface area contributed by atoms with E-state index in [0.717, 1.165) is 26.5 Å². The van der Waals surface area contributed by atoms with E-state index in [1.165, 1.54) is 0 Å². The van der Waals surface area contributed by atoms with Gasteiger partial charge in [-0.1, -0.05) is 52.3 Å². The van der Waals surface area contributed by atoms with Crippen molar-refractivity contribution in [1.29, 1.82) is 0 Å². The molecule has 19 heavy (non-hydrogen) atoms. The van der Waals surface area contributed by atoms with Crippen LogP contribution in [0, 0.1) is 0 Å². The lowest BCUT2D eigenvalue weighted by atomic mass is 10.00. The summed E-state index contributed by atoms with van der Waals surface area (Å²) in [4.78, 5) is 4.46. The molecule has 3 rings (SSSR count). The second kappa shape index (κ2) is 5.11. The van der Waals surface area contributed by atoms with E-state index in [-0.39, 0.29) is 6.04 Å². The van der Waals surface area contributed by atoms with E-state index in [1.807, 2.05) is 48.7 Å². The fraction of sp³-hybridized carbons (Fsp3) is 0.0625. The van der Waals surface area contributed by atoms with Crippen LogP contribution < -0.4 is 5.73 Å². The maximum absolute atomic E-state index is 6.34. The summed E-state index contributed by atoms with van der Waals surface area (Å²) >= 11 is 3.54. The van der Waals surface area contributed by atoms with Crippen molar-refractivity contribution < 1.29 is 0 Å². The third-order valence-electron chi connectivity index (χ3n) is 3.21. The van der Waals surface area contributed by atoms with Crippen LogP contribution in [0.1, 0.15) is 17.2 Å². The maximum atomic E-state index is 6.34. The van der Waals surface area contributed by atoms with Crippen molar-refractivity contribution in [3.8, 4) is 0 Å². The molecule has 1 atom stereocenters. The zero-order valence-electron chi connectivity index (χ0n) is 10.3. The Morgan fingerprint density at radius 1 is 1.00 bits per heavy atom. The fourth-order valence-electron chi connectivity index (χ4n) is 2.17. The Kier molecular flexibility index (Phi) is 3.32. The summed E-state index contributed by atoms with van der Waals surface area (Å²) in [6, 6.07) is 18.0. The van der Waals surface area contributed by atoms with E-state index in [0.29, 0.717) is 0 Å². The molecule has 1 unspecified atom stereocenters. The molecule has 0 aliphatic carbocycles. The number of nitrogens with two attached hydrogens (primary N) is 1. The highest BCUT2D eigenvalue weighted by molar-refractivity contribution is 9.10. The first-order valence-electron chi connectivity index (χ1n) is 6.10. The highest BCUT2D eigenvalue weighted by Crippen LogP contribution is 2.27. The van der Waals surface area contributed by atoms with Gasteiger partial charge in [-0.2, -0.15) is 0 Å². The van der Waals surface area contributed by atoms with Gasteiger partial charge in [-0.25, -0.2) is 0 Å². The summed E-state index contributed by atoms with van der Waals surface area (Å²) < 4.78 is 1.02. The van der Waals surface area contributed by atoms with Gasteiger partial charge in [0.25, 0.3) is 0 Å². The number of hydrogen-bond acceptors (Lipinski definition) is 2. The van der Waals surface area contributed by atoms with Gasteiger partial charge in [0.05, 0.1) is 11.6 Å². The summed E-state index contributed by atoms with van der Waals surface area (Å²) in [5.74, 6) is 0. The number of hydrogen-bond donors (Lipinski definition) is 1. The van der Waals surface area contributed by atoms with Crippen molar-refractivity contribution in [2.75, 3.05) is 0 Å². The second-order valence-corrected chi connectivity index (χ2v) is 5.31. The third kappa shape index (κ3) is 2.39. The van der Waals surface area contributed by atoms with Crippen molar-refractivity contribution in [3.05, 3.63) is 76.4 Å². The number of pyridine rings is 1. The van der Waals surface area contributed by atoms with Gasteiger partial charge in [0.1, 0.15) is 0 Å². The van der Waals surface area contributed by atoms with Gasteiger partial charge in [-0.3, -0.25) is 4.98 Å². The Labute approximate surface area is 120 Å². The van der Waals surface area contributed by atoms with Crippen LogP contribution in [0.5, 0.6) is 0 Å². The van der Waals surface area contributed by atoms with E-state index in [1.54, 1.807) is 0 Å². The molecule has 0 saturated heterocycles. The van der Waals surface area contributed by atoms with Gasteiger partial charge in [0.15, 0.2) is 0 Å². The lowest BCUT2D eigenvalue weighted by molar-refractivity contribution is 0.861. The topological polar surface area (TPSA) is 38.9 Å². The highest BCUT2D eigenvalue weighted by atomic mass is 79.9. The lowest BCUT2D eigenvalue weighted by Crippen LogP contribution is -2.12. The average Bonchev–Trinajstić information content (AvgIpc) is 2.46. The van der Waals surface area contributed by atoms with Gasteiger partial charge in [0, 0.05) is 16.1 Å². The molecule has 2 nitrogen and oxygen atoms in total. The number of fused-ring (bicyclic) bond motifs is 1. The third-order valence-corrected chi connectivity index (χ3v) is 3.93. The monoisotopic (exact) mass is 312 g/mol. The summed E-state index contributed by atoms with van der Waals surface area (Å²) in [6.45, 7) is 0. The van der Waals surface area contributed by atoms with Gasteiger partial charge >= 0.3 is 0 Å². The number of halogens is 1. The molecule has 0 spiro atoms. The number of benzene rings is 2. The highest BCUT2D eigenvalue weighted by Gasteiger charge is 2.12. The normalized spacial score (nSPS) is 12.5. The van der Waals surface area contributed by atoms with Crippen molar-refractivity contribution in [2.45, 2.75) is 6.04 Å². The van der Waals surface area contributed by atoms with Crippen LogP contribution in [-0.2, 0) is 0 Å². The van der Waals surface area contributed by atoms with Crippen LogP contribution >= 0.6 is 15.9 Å². The van der Waals surface area contributed by atoms with E-state index < -0.39 is 0 Å². The smallest absolute Gasteiger partial charge is 0.0702 e. The first-order chi connectivity index (χ1) is 9.25. The van der Waals surface area contributed by atoms with Gasteiger partial charge in [0.2, 0.25) is 0 Å². The molecule has 2 aromatic carbocycles. The second-order valence-electron chi connectivity index (χ2n) is 4.46. The SMILES string of the molecule is NC(c1cnc2ccccc2c1)c1ccccc1Br. The molecule has 0 amide bonds. The molecule has 0 bridgehead atoms. The number of para-hydroxylation sites is 1. The zero-order valence-corrected chi connectivity index (χ0v) is 11.8. The van der Waals surface area contributed by atoms with Crippen molar-refractivity contribution in [2.24, 2.45) is 5.73 Å². The minimum Gasteiger partial charge on any atom is -0.320 e. The minimum atomic E-state index is -0.173. The molecule has 0 saturated carbocycles. The van der Waals surface area contributed by atoms with Crippen LogP contribution in [-0.4, -0.2) is 4.98 Å². The fourth-order valence-corrected chi connectivity index (χ4v) is 2.70. The van der Waals surface area contributed by atoms with Crippen LogP contribution in [0.2, 0.25) is 0 Å². The van der Waals surface area contributed by atoms with Crippen molar-refractivity contribution in [3.63, 3.8) is 0 Å². The molecule has 1 aromatic heterocycles. The number of nitrogens with zero attached hydrogens (tertiary/aromatic N) is 1. The van der Waals surface area contributed by atoms with Crippen LogP contribution in [0.3, 0.4) is 0 Å². The molecule has 0 aliphatic rings. The van der Waals surface area contributed by atoms with Crippen LogP contribution in [0.15, 0.2) is 65.3 Å². The Bertz CT molecular complexity index is 725.